The molecule has 0 aliphatic rings. The number of unbranched alkanes of at least 4 members (excludes halogenated alkanes) is 1. The van der Waals surface area contributed by atoms with Crippen LogP contribution in [0.5, 0.6) is 0 Å². The van der Waals surface area contributed by atoms with Crippen LogP contribution in [0.15, 0.2) is 41.6 Å². The second-order valence-electron chi connectivity index (χ2n) is 5.48. The molecule has 0 amide bonds. The number of hydrogen-bond donors (Lipinski definition) is 4. The van der Waals surface area contributed by atoms with E-state index in [0.29, 0.717) is 29.8 Å². The summed E-state index contributed by atoms with van der Waals surface area (Å²) >= 11 is 0. The third-order valence-corrected chi connectivity index (χ3v) is 4.97. The van der Waals surface area contributed by atoms with Crippen molar-refractivity contribution in [3.05, 3.63) is 42.2 Å². The SMILES string of the molecule is N=C(N)c1cnc(-c2ccc(S(=O)(=O)NCCCCC(=O)O)cc2)nc1. The van der Waals surface area contributed by atoms with Crippen LogP contribution in [0, 0.1) is 5.41 Å². The first-order valence-electron chi connectivity index (χ1n) is 7.78. The Morgan fingerprint density at radius 3 is 2.31 bits per heavy atom. The van der Waals surface area contributed by atoms with E-state index in [9.17, 15) is 13.2 Å². The summed E-state index contributed by atoms with van der Waals surface area (Å²) < 4.78 is 26.8. The molecule has 0 bridgehead atoms. The molecule has 0 unspecified atom stereocenters. The molecule has 0 atom stereocenters. The molecule has 2 aromatic rings. The van der Waals surface area contributed by atoms with Gasteiger partial charge < -0.3 is 10.8 Å². The zero-order valence-electron chi connectivity index (χ0n) is 13.8. The van der Waals surface area contributed by atoms with E-state index in [0.717, 1.165) is 0 Å². The zero-order chi connectivity index (χ0) is 19.2. The van der Waals surface area contributed by atoms with Crippen molar-refractivity contribution in [2.75, 3.05) is 6.54 Å². The van der Waals surface area contributed by atoms with Crippen LogP contribution >= 0.6 is 0 Å². The van der Waals surface area contributed by atoms with Gasteiger partial charge in [-0.25, -0.2) is 23.1 Å². The minimum Gasteiger partial charge on any atom is -0.481 e. The third-order valence-electron chi connectivity index (χ3n) is 3.50. The molecule has 0 saturated heterocycles. The van der Waals surface area contributed by atoms with E-state index in [1.54, 1.807) is 12.1 Å². The highest BCUT2D eigenvalue weighted by atomic mass is 32.2. The second-order valence-corrected chi connectivity index (χ2v) is 7.25. The fourth-order valence-electron chi connectivity index (χ4n) is 2.09. The summed E-state index contributed by atoms with van der Waals surface area (Å²) in [5.41, 5.74) is 6.37. The Balaban J connectivity index is 2.01. The number of nitrogen functional groups attached to an aromatic ring is 1. The molecule has 10 heteroatoms. The summed E-state index contributed by atoms with van der Waals surface area (Å²) in [5.74, 6) is -0.644. The Kier molecular flexibility index (Phi) is 6.36. The van der Waals surface area contributed by atoms with Crippen molar-refractivity contribution in [2.45, 2.75) is 24.2 Å². The number of nitrogens with two attached hydrogens (primary N) is 1. The minimum atomic E-state index is -3.66. The van der Waals surface area contributed by atoms with Gasteiger partial charge in [0, 0.05) is 30.9 Å². The molecule has 0 spiro atoms. The van der Waals surface area contributed by atoms with Gasteiger partial charge in [0.1, 0.15) is 5.84 Å². The predicted molar refractivity (Wildman–Crippen MR) is 95.2 cm³/mol. The first-order valence-corrected chi connectivity index (χ1v) is 9.26. The zero-order valence-corrected chi connectivity index (χ0v) is 14.7. The van der Waals surface area contributed by atoms with Crippen LogP contribution < -0.4 is 10.5 Å². The number of aromatic nitrogens is 2. The number of sulfonamides is 1. The predicted octanol–water partition coefficient (Wildman–Crippen LogP) is 0.961. The van der Waals surface area contributed by atoms with Crippen molar-refractivity contribution in [2.24, 2.45) is 5.73 Å². The van der Waals surface area contributed by atoms with Crippen molar-refractivity contribution in [3.63, 3.8) is 0 Å². The number of carboxylic acids is 1. The lowest BCUT2D eigenvalue weighted by Crippen LogP contribution is -2.24. The lowest BCUT2D eigenvalue weighted by atomic mass is 10.2. The van der Waals surface area contributed by atoms with Gasteiger partial charge in [0.05, 0.1) is 10.5 Å². The fraction of sp³-hybridized carbons (Fsp3) is 0.250. The highest BCUT2D eigenvalue weighted by Crippen LogP contribution is 2.18. The number of carbonyl (C=O) groups is 1. The Hall–Kier alpha value is -2.85. The van der Waals surface area contributed by atoms with E-state index < -0.39 is 16.0 Å². The smallest absolute Gasteiger partial charge is 0.303 e. The lowest BCUT2D eigenvalue weighted by molar-refractivity contribution is -0.137. The van der Waals surface area contributed by atoms with Crippen LogP contribution in [0.4, 0.5) is 0 Å². The maximum absolute atomic E-state index is 12.2. The number of aliphatic carboxylic acids is 1. The van der Waals surface area contributed by atoms with Gasteiger partial charge in [0.25, 0.3) is 0 Å². The van der Waals surface area contributed by atoms with Gasteiger partial charge >= 0.3 is 5.97 Å². The largest absolute Gasteiger partial charge is 0.481 e. The number of carboxylic acid groups (broad SMARTS) is 1. The van der Waals surface area contributed by atoms with Gasteiger partial charge in [-0.1, -0.05) is 0 Å². The van der Waals surface area contributed by atoms with Gasteiger partial charge in [-0.3, -0.25) is 10.2 Å². The van der Waals surface area contributed by atoms with Gasteiger partial charge in [-0.15, -0.1) is 0 Å². The van der Waals surface area contributed by atoms with Crippen molar-refractivity contribution < 1.29 is 18.3 Å². The van der Waals surface area contributed by atoms with E-state index >= 15 is 0 Å². The molecule has 5 N–H and O–H groups in total. The lowest BCUT2D eigenvalue weighted by Gasteiger charge is -2.07. The van der Waals surface area contributed by atoms with Crippen LogP contribution in [0.2, 0.25) is 0 Å². The normalized spacial score (nSPS) is 11.2. The van der Waals surface area contributed by atoms with E-state index in [4.69, 9.17) is 16.2 Å². The molecule has 0 fully saturated rings. The summed E-state index contributed by atoms with van der Waals surface area (Å²) in [5, 5.41) is 15.9. The molecule has 138 valence electrons. The molecule has 0 radical (unpaired) electrons. The number of nitrogens with one attached hydrogen (secondary N) is 2. The standard InChI is InChI=1S/C16H19N5O4S/c17-15(18)12-9-19-16(20-10-12)11-4-6-13(7-5-11)26(24,25)21-8-2-1-3-14(22)23/h4-7,9-10,21H,1-3,8H2,(H3,17,18)(H,22,23). The Labute approximate surface area is 150 Å². The molecule has 2 rings (SSSR count). The van der Waals surface area contributed by atoms with Crippen LogP contribution in [0.3, 0.4) is 0 Å². The summed E-state index contributed by atoms with van der Waals surface area (Å²) in [6, 6.07) is 6.05. The highest BCUT2D eigenvalue weighted by Gasteiger charge is 2.14. The highest BCUT2D eigenvalue weighted by molar-refractivity contribution is 7.89. The van der Waals surface area contributed by atoms with E-state index in [1.165, 1.54) is 24.5 Å². The number of nitrogens with zero attached hydrogens (tertiary/aromatic N) is 2. The Morgan fingerprint density at radius 2 is 1.77 bits per heavy atom. The molecule has 1 aromatic carbocycles. The Morgan fingerprint density at radius 1 is 1.15 bits per heavy atom. The average molecular weight is 377 g/mol. The number of benzene rings is 1. The van der Waals surface area contributed by atoms with Crippen molar-refractivity contribution in [3.8, 4) is 11.4 Å². The van der Waals surface area contributed by atoms with Gasteiger partial charge in [0.15, 0.2) is 5.82 Å². The van der Waals surface area contributed by atoms with Gasteiger partial charge in [0.2, 0.25) is 10.0 Å². The topological polar surface area (TPSA) is 159 Å². The molecular weight excluding hydrogens is 358 g/mol. The van der Waals surface area contributed by atoms with E-state index in [-0.39, 0.29) is 23.7 Å². The summed E-state index contributed by atoms with van der Waals surface area (Å²) in [6.07, 6.45) is 3.71. The average Bonchev–Trinajstić information content (AvgIpc) is 2.61. The van der Waals surface area contributed by atoms with E-state index in [2.05, 4.69) is 14.7 Å². The van der Waals surface area contributed by atoms with Gasteiger partial charge in [-0.05, 0) is 37.1 Å². The molecule has 0 aliphatic heterocycles. The fourth-order valence-corrected chi connectivity index (χ4v) is 3.16. The van der Waals surface area contributed by atoms with Crippen LogP contribution in [0.25, 0.3) is 11.4 Å². The molecule has 0 saturated carbocycles. The van der Waals surface area contributed by atoms with E-state index in [1.807, 2.05) is 0 Å². The van der Waals surface area contributed by atoms with Crippen LogP contribution in [0.1, 0.15) is 24.8 Å². The molecular formula is C16H19N5O4S. The quantitative estimate of drug-likeness (QED) is 0.288. The summed E-state index contributed by atoms with van der Waals surface area (Å²) in [6.45, 7) is 0.174. The maximum Gasteiger partial charge on any atom is 0.303 e. The number of hydrogen-bond acceptors (Lipinski definition) is 6. The summed E-state index contributed by atoms with van der Waals surface area (Å²) in [7, 11) is -3.66. The van der Waals surface area contributed by atoms with Crippen molar-refractivity contribution in [1.82, 2.24) is 14.7 Å². The second kappa shape index (κ2) is 8.50. The summed E-state index contributed by atoms with van der Waals surface area (Å²) in [4.78, 5) is 18.7. The molecule has 0 aliphatic carbocycles. The first-order chi connectivity index (χ1) is 12.3. The Bertz CT molecular complexity index is 880. The van der Waals surface area contributed by atoms with Crippen molar-refractivity contribution in [1.29, 1.82) is 5.41 Å². The first kappa shape index (κ1) is 19.5. The van der Waals surface area contributed by atoms with Crippen LogP contribution in [-0.2, 0) is 14.8 Å². The third kappa shape index (κ3) is 5.33. The maximum atomic E-state index is 12.2. The number of amidine groups is 1. The van der Waals surface area contributed by atoms with Crippen LogP contribution in [-0.4, -0.2) is 41.8 Å². The molecule has 9 nitrogen and oxygen atoms in total. The molecule has 1 aromatic heterocycles. The monoisotopic (exact) mass is 377 g/mol. The molecule has 26 heavy (non-hydrogen) atoms. The minimum absolute atomic E-state index is 0.0127. The van der Waals surface area contributed by atoms with Gasteiger partial charge in [-0.2, -0.15) is 0 Å². The van der Waals surface area contributed by atoms with Crippen molar-refractivity contribution >= 4 is 21.8 Å². The number of rotatable bonds is 9. The molecule has 1 heterocycles.